The molecule has 1 N–H and O–H groups in total. The Morgan fingerprint density at radius 1 is 1.40 bits per heavy atom. The molecule has 2 rings (SSSR count). The summed E-state index contributed by atoms with van der Waals surface area (Å²) in [5.41, 5.74) is 0.647. The second-order valence-corrected chi connectivity index (χ2v) is 5.96. The molecule has 6 heteroatoms. The molecule has 1 heterocycles. The zero-order chi connectivity index (χ0) is 14.4. The second kappa shape index (κ2) is 7.64. The van der Waals surface area contributed by atoms with Gasteiger partial charge in [0.15, 0.2) is 0 Å². The van der Waals surface area contributed by atoms with E-state index >= 15 is 0 Å². The van der Waals surface area contributed by atoms with Gasteiger partial charge in [0, 0.05) is 34.6 Å². The van der Waals surface area contributed by atoms with Gasteiger partial charge >= 0.3 is 0 Å². The number of imidazole rings is 1. The summed E-state index contributed by atoms with van der Waals surface area (Å²) < 4.78 is 2.92. The van der Waals surface area contributed by atoms with E-state index in [2.05, 4.69) is 32.9 Å². The molecule has 0 bridgehead atoms. The van der Waals surface area contributed by atoms with Crippen molar-refractivity contribution in [2.75, 3.05) is 6.54 Å². The number of aromatic nitrogens is 2. The fourth-order valence-corrected chi connectivity index (χ4v) is 2.41. The smallest absolute Gasteiger partial charge is 0.251 e. The number of halogens is 2. The predicted molar refractivity (Wildman–Crippen MR) is 88.0 cm³/mol. The van der Waals surface area contributed by atoms with Gasteiger partial charge in [-0.15, -0.1) is 0 Å². The van der Waals surface area contributed by atoms with Crippen molar-refractivity contribution in [1.29, 1.82) is 0 Å². The van der Waals surface area contributed by atoms with Crippen LogP contribution in [0, 0.1) is 3.57 Å². The Labute approximate surface area is 136 Å². The molecule has 4 nitrogen and oxygen atoms in total. The molecular weight excluding hydrogens is 389 g/mol. The van der Waals surface area contributed by atoms with Crippen LogP contribution in [0.4, 0.5) is 0 Å². The molecule has 0 radical (unpaired) electrons. The van der Waals surface area contributed by atoms with Crippen LogP contribution in [0.2, 0.25) is 5.02 Å². The lowest BCUT2D eigenvalue weighted by atomic mass is 10.2. The van der Waals surface area contributed by atoms with E-state index in [0.717, 1.165) is 23.0 Å². The minimum Gasteiger partial charge on any atom is -0.352 e. The maximum Gasteiger partial charge on any atom is 0.251 e. The molecule has 1 aromatic carbocycles. The second-order valence-electron chi connectivity index (χ2n) is 4.39. The summed E-state index contributed by atoms with van der Waals surface area (Å²) in [5, 5.41) is 3.58. The molecule has 0 aliphatic carbocycles. The molecule has 1 amide bonds. The van der Waals surface area contributed by atoms with Crippen molar-refractivity contribution >= 4 is 40.1 Å². The van der Waals surface area contributed by atoms with Crippen LogP contribution in [0.1, 0.15) is 23.2 Å². The average Bonchev–Trinajstić information content (AvgIpc) is 2.94. The summed E-state index contributed by atoms with van der Waals surface area (Å²) in [6, 6.07) is 5.28. The third kappa shape index (κ3) is 4.49. The Kier molecular flexibility index (Phi) is 5.85. The predicted octanol–water partition coefficient (Wildman–Crippen LogP) is 3.35. The highest BCUT2D eigenvalue weighted by molar-refractivity contribution is 14.1. The first-order valence-corrected chi connectivity index (χ1v) is 7.81. The van der Waals surface area contributed by atoms with E-state index in [1.807, 2.05) is 10.8 Å². The monoisotopic (exact) mass is 403 g/mol. The van der Waals surface area contributed by atoms with Crippen LogP contribution in [0.3, 0.4) is 0 Å². The third-order valence-electron chi connectivity index (χ3n) is 2.87. The van der Waals surface area contributed by atoms with Crippen molar-refractivity contribution < 1.29 is 4.79 Å². The number of amides is 1. The lowest BCUT2D eigenvalue weighted by molar-refractivity contribution is 0.0953. The fraction of sp³-hybridized carbons (Fsp3) is 0.286. The van der Waals surface area contributed by atoms with E-state index in [9.17, 15) is 4.79 Å². The van der Waals surface area contributed by atoms with Gasteiger partial charge in [-0.25, -0.2) is 4.98 Å². The van der Waals surface area contributed by atoms with E-state index in [0.29, 0.717) is 17.1 Å². The Morgan fingerprint density at radius 3 is 2.95 bits per heavy atom. The summed E-state index contributed by atoms with van der Waals surface area (Å²) in [6.07, 6.45) is 7.45. The molecule has 0 atom stereocenters. The van der Waals surface area contributed by atoms with Crippen LogP contribution in [-0.4, -0.2) is 22.0 Å². The van der Waals surface area contributed by atoms with E-state index in [-0.39, 0.29) is 5.91 Å². The van der Waals surface area contributed by atoms with Gasteiger partial charge in [0.25, 0.3) is 5.91 Å². The molecule has 106 valence electrons. The maximum atomic E-state index is 11.9. The van der Waals surface area contributed by atoms with Crippen LogP contribution >= 0.6 is 34.2 Å². The van der Waals surface area contributed by atoms with Crippen LogP contribution in [0.15, 0.2) is 36.9 Å². The summed E-state index contributed by atoms with van der Waals surface area (Å²) in [4.78, 5) is 15.9. The number of rotatable bonds is 6. The summed E-state index contributed by atoms with van der Waals surface area (Å²) in [6.45, 7) is 1.60. The van der Waals surface area contributed by atoms with Gasteiger partial charge in [0.05, 0.1) is 11.3 Å². The molecular formula is C14H15ClIN3O. The van der Waals surface area contributed by atoms with Crippen LogP contribution < -0.4 is 5.32 Å². The van der Waals surface area contributed by atoms with Gasteiger partial charge in [-0.05, 0) is 53.6 Å². The first kappa shape index (κ1) is 15.3. The normalized spacial score (nSPS) is 10.5. The highest BCUT2D eigenvalue weighted by atomic mass is 127. The standard InChI is InChI=1S/C14H15ClIN3O/c15-12-4-3-11(9-13(12)16)14(20)18-5-1-2-7-19-8-6-17-10-19/h3-4,6,8-10H,1-2,5,7H2,(H,18,20). The molecule has 2 aromatic rings. The topological polar surface area (TPSA) is 46.9 Å². The largest absolute Gasteiger partial charge is 0.352 e. The van der Waals surface area contributed by atoms with Gasteiger partial charge in [-0.1, -0.05) is 11.6 Å². The van der Waals surface area contributed by atoms with E-state index < -0.39 is 0 Å². The number of unbranched alkanes of at least 4 members (excludes halogenated alkanes) is 1. The van der Waals surface area contributed by atoms with Crippen LogP contribution in [0.25, 0.3) is 0 Å². The minimum absolute atomic E-state index is 0.0535. The van der Waals surface area contributed by atoms with Gasteiger partial charge < -0.3 is 9.88 Å². The van der Waals surface area contributed by atoms with Crippen molar-refractivity contribution in [1.82, 2.24) is 14.9 Å². The van der Waals surface area contributed by atoms with Gasteiger partial charge in [0.2, 0.25) is 0 Å². The molecule has 0 saturated heterocycles. The number of nitrogens with one attached hydrogen (secondary N) is 1. The number of hydrogen-bond donors (Lipinski definition) is 1. The highest BCUT2D eigenvalue weighted by Gasteiger charge is 2.06. The Balaban J connectivity index is 1.70. The highest BCUT2D eigenvalue weighted by Crippen LogP contribution is 2.19. The van der Waals surface area contributed by atoms with E-state index in [1.165, 1.54) is 0 Å². The van der Waals surface area contributed by atoms with E-state index in [1.54, 1.807) is 30.7 Å². The van der Waals surface area contributed by atoms with Gasteiger partial charge in [-0.3, -0.25) is 4.79 Å². The average molecular weight is 404 g/mol. The Bertz CT molecular complexity index is 572. The SMILES string of the molecule is O=C(NCCCCn1ccnc1)c1ccc(Cl)c(I)c1. The Morgan fingerprint density at radius 2 is 2.25 bits per heavy atom. The first-order valence-electron chi connectivity index (χ1n) is 6.36. The van der Waals surface area contributed by atoms with Gasteiger partial charge in [0.1, 0.15) is 0 Å². The lowest BCUT2D eigenvalue weighted by Crippen LogP contribution is -2.24. The van der Waals surface area contributed by atoms with Gasteiger partial charge in [-0.2, -0.15) is 0 Å². The minimum atomic E-state index is -0.0535. The summed E-state index contributed by atoms with van der Waals surface area (Å²) in [7, 11) is 0. The number of aryl methyl sites for hydroxylation is 1. The molecule has 0 unspecified atom stereocenters. The number of benzene rings is 1. The number of hydrogen-bond acceptors (Lipinski definition) is 2. The number of carbonyl (C=O) groups is 1. The lowest BCUT2D eigenvalue weighted by Gasteiger charge is -2.06. The molecule has 0 fully saturated rings. The van der Waals surface area contributed by atoms with Crippen molar-refractivity contribution in [3.63, 3.8) is 0 Å². The zero-order valence-corrected chi connectivity index (χ0v) is 13.8. The van der Waals surface area contributed by atoms with Crippen molar-refractivity contribution in [2.24, 2.45) is 0 Å². The molecule has 0 spiro atoms. The molecule has 0 saturated carbocycles. The Hall–Kier alpha value is -1.08. The van der Waals surface area contributed by atoms with Crippen molar-refractivity contribution in [2.45, 2.75) is 19.4 Å². The summed E-state index contributed by atoms with van der Waals surface area (Å²) in [5.74, 6) is -0.0535. The first-order chi connectivity index (χ1) is 9.66. The maximum absolute atomic E-state index is 11.9. The number of carbonyl (C=O) groups excluding carboxylic acids is 1. The molecule has 0 aliphatic rings. The van der Waals surface area contributed by atoms with Crippen molar-refractivity contribution in [3.05, 3.63) is 51.1 Å². The van der Waals surface area contributed by atoms with Crippen LogP contribution in [-0.2, 0) is 6.54 Å². The molecule has 1 aromatic heterocycles. The van der Waals surface area contributed by atoms with Crippen molar-refractivity contribution in [3.8, 4) is 0 Å². The summed E-state index contributed by atoms with van der Waals surface area (Å²) >= 11 is 8.05. The molecule has 0 aliphatic heterocycles. The quantitative estimate of drug-likeness (QED) is 0.594. The zero-order valence-electron chi connectivity index (χ0n) is 10.9. The van der Waals surface area contributed by atoms with E-state index in [4.69, 9.17) is 11.6 Å². The fourth-order valence-electron chi connectivity index (χ4n) is 1.78. The molecule has 20 heavy (non-hydrogen) atoms. The third-order valence-corrected chi connectivity index (χ3v) is 4.41. The number of nitrogens with zero attached hydrogens (tertiary/aromatic N) is 2. The van der Waals surface area contributed by atoms with Crippen LogP contribution in [0.5, 0.6) is 0 Å².